The number of ether oxygens (including phenoxy) is 12. The average molecular weight is 683 g/mol. The summed E-state index contributed by atoms with van der Waals surface area (Å²) in [5.74, 6) is -0.908. The SMILES string of the molecule is COCC1O[C@@H](OC)C(OC)[C@@H](OC)[C@H]1O[C@@H]1OC(C)[C@H](N[C@H]2C(OC)[C@@H](OC)[C@@H](CO)C(O)(COC)C2N=[N+]=[N-])[C@H](OC)C1OC. The largest absolute Gasteiger partial charge is 0.396 e. The molecular weight excluding hydrogens is 628 g/mol. The molecule has 2 heterocycles. The van der Waals surface area contributed by atoms with Gasteiger partial charge in [0.15, 0.2) is 12.6 Å². The molecule has 3 fully saturated rings. The molecule has 0 aromatic rings. The molecule has 3 aliphatic rings. The molecule has 16 atom stereocenters. The number of rotatable bonds is 17. The van der Waals surface area contributed by atoms with Crippen molar-refractivity contribution in [2.75, 3.05) is 83.8 Å². The molecule has 0 amide bonds. The molecule has 0 radical (unpaired) electrons. The lowest BCUT2D eigenvalue weighted by molar-refractivity contribution is -0.355. The number of azide groups is 1. The summed E-state index contributed by atoms with van der Waals surface area (Å²) in [6.07, 6.45) is -8.06. The number of nitrogens with one attached hydrogen (secondary N) is 1. The molecule has 0 aromatic carbocycles. The van der Waals surface area contributed by atoms with Gasteiger partial charge in [0.2, 0.25) is 0 Å². The van der Waals surface area contributed by atoms with E-state index < -0.39 is 104 Å². The van der Waals surface area contributed by atoms with E-state index in [1.165, 1.54) is 49.8 Å². The molecule has 3 N–H and O–H groups in total. The van der Waals surface area contributed by atoms with Gasteiger partial charge < -0.3 is 72.4 Å². The van der Waals surface area contributed by atoms with Gasteiger partial charge in [-0.05, 0) is 12.5 Å². The maximum Gasteiger partial charge on any atom is 0.187 e. The molecule has 18 heteroatoms. The Kier molecular flexibility index (Phi) is 15.9. The summed E-state index contributed by atoms with van der Waals surface area (Å²) in [6, 6.07) is -2.66. The summed E-state index contributed by atoms with van der Waals surface area (Å²) in [4.78, 5) is 3.03. The van der Waals surface area contributed by atoms with Crippen LogP contribution < -0.4 is 5.32 Å². The Bertz CT molecular complexity index is 983. The van der Waals surface area contributed by atoms with E-state index in [2.05, 4.69) is 15.3 Å². The number of nitrogens with zero attached hydrogens (tertiary/aromatic N) is 3. The summed E-state index contributed by atoms with van der Waals surface area (Å²) in [5, 5.41) is 29.8. The van der Waals surface area contributed by atoms with E-state index in [0.29, 0.717) is 0 Å². The predicted molar refractivity (Wildman–Crippen MR) is 163 cm³/mol. The zero-order chi connectivity index (χ0) is 34.9. The van der Waals surface area contributed by atoms with Crippen molar-refractivity contribution in [1.82, 2.24) is 5.32 Å². The smallest absolute Gasteiger partial charge is 0.187 e. The van der Waals surface area contributed by atoms with Crippen LogP contribution in [0.3, 0.4) is 0 Å². The van der Waals surface area contributed by atoms with Crippen LogP contribution in [0.2, 0.25) is 0 Å². The van der Waals surface area contributed by atoms with E-state index in [0.717, 1.165) is 0 Å². The van der Waals surface area contributed by atoms with Crippen LogP contribution in [0.4, 0.5) is 0 Å². The van der Waals surface area contributed by atoms with Crippen molar-refractivity contribution in [2.24, 2.45) is 11.0 Å². The summed E-state index contributed by atoms with van der Waals surface area (Å²) in [6.45, 7) is 1.25. The van der Waals surface area contributed by atoms with Crippen molar-refractivity contribution in [1.29, 1.82) is 0 Å². The monoisotopic (exact) mass is 682 g/mol. The summed E-state index contributed by atoms with van der Waals surface area (Å²) >= 11 is 0. The fraction of sp³-hybridized carbons (Fsp3) is 1.00. The Labute approximate surface area is 276 Å². The summed E-state index contributed by atoms with van der Waals surface area (Å²) in [5.41, 5.74) is 7.75. The van der Waals surface area contributed by atoms with Gasteiger partial charge in [0.05, 0.1) is 50.2 Å². The van der Waals surface area contributed by atoms with Gasteiger partial charge in [-0.2, -0.15) is 0 Å². The molecule has 274 valence electrons. The first-order chi connectivity index (χ1) is 22.6. The maximum atomic E-state index is 12.0. The Balaban J connectivity index is 1.98. The first-order valence-corrected chi connectivity index (χ1v) is 15.4. The minimum atomic E-state index is -1.83. The van der Waals surface area contributed by atoms with Gasteiger partial charge in [-0.25, -0.2) is 0 Å². The zero-order valence-electron chi connectivity index (χ0n) is 28.9. The highest BCUT2D eigenvalue weighted by atomic mass is 16.8. The van der Waals surface area contributed by atoms with Crippen LogP contribution >= 0.6 is 0 Å². The molecule has 18 nitrogen and oxygen atoms in total. The normalized spacial score (nSPS) is 44.2. The fourth-order valence-electron chi connectivity index (χ4n) is 7.40. The number of hydrogen-bond donors (Lipinski definition) is 3. The summed E-state index contributed by atoms with van der Waals surface area (Å²) in [7, 11) is 13.5. The Morgan fingerprint density at radius 2 is 1.30 bits per heavy atom. The van der Waals surface area contributed by atoms with Crippen molar-refractivity contribution >= 4 is 0 Å². The first-order valence-electron chi connectivity index (χ1n) is 15.4. The lowest BCUT2D eigenvalue weighted by atomic mass is 9.67. The van der Waals surface area contributed by atoms with Crippen molar-refractivity contribution < 1.29 is 67.1 Å². The van der Waals surface area contributed by atoms with E-state index in [1.54, 1.807) is 14.2 Å². The Morgan fingerprint density at radius 1 is 0.723 bits per heavy atom. The number of aliphatic hydroxyl groups excluding tert-OH is 1. The van der Waals surface area contributed by atoms with Gasteiger partial charge in [0, 0.05) is 80.9 Å². The molecule has 47 heavy (non-hydrogen) atoms. The lowest BCUT2D eigenvalue weighted by Gasteiger charge is -2.55. The molecule has 0 spiro atoms. The molecule has 1 aliphatic carbocycles. The van der Waals surface area contributed by atoms with Crippen LogP contribution in [0.5, 0.6) is 0 Å². The van der Waals surface area contributed by atoms with Gasteiger partial charge in [-0.1, -0.05) is 5.11 Å². The highest BCUT2D eigenvalue weighted by Gasteiger charge is 2.61. The third-order valence-electron chi connectivity index (χ3n) is 9.58. The second kappa shape index (κ2) is 18.6. The minimum Gasteiger partial charge on any atom is -0.396 e. The molecular formula is C29H54N4O14. The standard InChI is InChI=1S/C29H54N4O14/c1-14-17(31-18-22(40-6)19(38-4)15(11-34)29(35,13-37-3)26(18)32-33-30)21(39-5)24(42-8)28(45-14)47-20-16(12-36-2)46-27(44-10)25(43-9)23(20)41-7/h14-28,31,34-35H,11-13H2,1-10H3/t14?,15-,16?,17+,18+,19+,20+,21+,22?,23+,24?,25?,26?,27-,28+,29?/m1/s1. The topological polar surface area (TPSA) is 212 Å². The van der Waals surface area contributed by atoms with Crippen LogP contribution in [-0.2, 0) is 56.8 Å². The van der Waals surface area contributed by atoms with Crippen molar-refractivity contribution in [3.8, 4) is 0 Å². The van der Waals surface area contributed by atoms with Crippen LogP contribution in [0.25, 0.3) is 10.4 Å². The number of hydrogen-bond acceptors (Lipinski definition) is 16. The maximum absolute atomic E-state index is 12.0. The first kappa shape index (κ1) is 40.1. The molecule has 2 aliphatic heterocycles. The van der Waals surface area contributed by atoms with Crippen molar-refractivity contribution in [3.63, 3.8) is 0 Å². The zero-order valence-corrected chi connectivity index (χ0v) is 28.9. The average Bonchev–Trinajstić information content (AvgIpc) is 3.07. The van der Waals surface area contributed by atoms with E-state index >= 15 is 0 Å². The van der Waals surface area contributed by atoms with Gasteiger partial charge in [-0.15, -0.1) is 0 Å². The number of methoxy groups -OCH3 is 9. The molecule has 0 bridgehead atoms. The fourth-order valence-corrected chi connectivity index (χ4v) is 7.40. The van der Waals surface area contributed by atoms with Gasteiger partial charge >= 0.3 is 0 Å². The van der Waals surface area contributed by atoms with Crippen LogP contribution in [0.15, 0.2) is 5.11 Å². The van der Waals surface area contributed by atoms with Gasteiger partial charge in [0.25, 0.3) is 0 Å². The highest BCUT2D eigenvalue weighted by molar-refractivity contribution is 5.15. The van der Waals surface area contributed by atoms with E-state index in [-0.39, 0.29) is 13.2 Å². The van der Waals surface area contributed by atoms with Crippen molar-refractivity contribution in [2.45, 2.75) is 98.2 Å². The van der Waals surface area contributed by atoms with Crippen LogP contribution in [0.1, 0.15) is 6.92 Å². The van der Waals surface area contributed by atoms with E-state index in [4.69, 9.17) is 56.8 Å². The molecule has 7 unspecified atom stereocenters. The molecule has 0 aromatic heterocycles. The number of aliphatic hydroxyl groups is 2. The quantitative estimate of drug-likeness (QED) is 0.0977. The summed E-state index contributed by atoms with van der Waals surface area (Å²) < 4.78 is 70.6. The van der Waals surface area contributed by atoms with E-state index in [9.17, 15) is 15.7 Å². The minimum absolute atomic E-state index is 0.166. The second-order valence-corrected chi connectivity index (χ2v) is 11.8. The second-order valence-electron chi connectivity index (χ2n) is 11.8. The lowest BCUT2D eigenvalue weighted by Crippen LogP contribution is -2.76. The highest BCUT2D eigenvalue weighted by Crippen LogP contribution is 2.41. The van der Waals surface area contributed by atoms with Crippen molar-refractivity contribution in [3.05, 3.63) is 10.4 Å². The Hall–Kier alpha value is -1.29. The molecule has 3 rings (SSSR count). The predicted octanol–water partition coefficient (Wildman–Crippen LogP) is -0.771. The Morgan fingerprint density at radius 3 is 1.79 bits per heavy atom. The van der Waals surface area contributed by atoms with Gasteiger partial charge in [-0.3, -0.25) is 0 Å². The molecule has 1 saturated carbocycles. The third-order valence-corrected chi connectivity index (χ3v) is 9.58. The third kappa shape index (κ3) is 8.04. The molecule has 2 saturated heterocycles. The van der Waals surface area contributed by atoms with Crippen LogP contribution in [0, 0.1) is 5.92 Å². The van der Waals surface area contributed by atoms with Crippen LogP contribution in [-0.4, -0.2) is 185 Å². The van der Waals surface area contributed by atoms with E-state index in [1.807, 2.05) is 6.92 Å². The van der Waals surface area contributed by atoms with Gasteiger partial charge in [0.1, 0.15) is 42.2 Å².